The Morgan fingerprint density at radius 1 is 1.29 bits per heavy atom. The fraction of sp³-hybridized carbons (Fsp3) is 0.381. The number of anilines is 1. The molecule has 0 spiro atoms. The number of benzene rings is 1. The molecule has 0 saturated heterocycles. The van der Waals surface area contributed by atoms with Crippen molar-refractivity contribution in [3.63, 3.8) is 0 Å². The van der Waals surface area contributed by atoms with E-state index in [9.17, 15) is 14.7 Å². The van der Waals surface area contributed by atoms with Crippen LogP contribution in [0.3, 0.4) is 0 Å². The molecule has 7 heteroatoms. The van der Waals surface area contributed by atoms with Crippen LogP contribution in [0, 0.1) is 17.8 Å². The van der Waals surface area contributed by atoms with E-state index in [2.05, 4.69) is 11.1 Å². The molecule has 1 amide bonds. The Bertz CT molecular complexity index is 922. The molecule has 5 nitrogen and oxygen atoms in total. The van der Waals surface area contributed by atoms with Gasteiger partial charge >= 0.3 is 5.97 Å². The number of allylic oxidation sites excluding steroid dienone is 1. The number of carbonyl (C=O) groups is 2. The number of thiazole rings is 1. The molecule has 4 rings (SSSR count). The molecule has 1 saturated carbocycles. The number of halogens is 1. The maximum absolute atomic E-state index is 13.4. The summed E-state index contributed by atoms with van der Waals surface area (Å²) in [6.45, 7) is 0.405. The van der Waals surface area contributed by atoms with Crippen molar-refractivity contribution in [3.8, 4) is 11.3 Å². The number of carboxylic acid groups (broad SMARTS) is 1. The molecule has 2 atom stereocenters. The normalized spacial score (nSPS) is 22.8. The fourth-order valence-electron chi connectivity index (χ4n) is 3.90. The predicted molar refractivity (Wildman–Crippen MR) is 111 cm³/mol. The van der Waals surface area contributed by atoms with Gasteiger partial charge in [0.15, 0.2) is 5.13 Å². The van der Waals surface area contributed by atoms with Crippen LogP contribution < -0.4 is 4.90 Å². The Morgan fingerprint density at radius 2 is 2.07 bits per heavy atom. The topological polar surface area (TPSA) is 70.5 Å². The molecule has 0 unspecified atom stereocenters. The number of rotatable bonds is 5. The lowest BCUT2D eigenvalue weighted by Crippen LogP contribution is -2.42. The van der Waals surface area contributed by atoms with Crippen molar-refractivity contribution in [3.05, 3.63) is 46.8 Å². The molecule has 28 heavy (non-hydrogen) atoms. The van der Waals surface area contributed by atoms with Gasteiger partial charge in [-0.2, -0.15) is 0 Å². The van der Waals surface area contributed by atoms with E-state index in [0.29, 0.717) is 22.6 Å². The number of carboxylic acids is 1. The van der Waals surface area contributed by atoms with Crippen molar-refractivity contribution in [2.45, 2.75) is 25.7 Å². The minimum absolute atomic E-state index is 0.0886. The summed E-state index contributed by atoms with van der Waals surface area (Å²) in [6, 6.07) is 7.46. The Kier molecular flexibility index (Phi) is 5.51. The van der Waals surface area contributed by atoms with Crippen LogP contribution in [0.2, 0.25) is 5.02 Å². The molecular weight excluding hydrogens is 396 g/mol. The fourth-order valence-corrected chi connectivity index (χ4v) is 4.97. The SMILES string of the molecule is O=C(O)C[C@@H]1C(=O)N(c2nc(-c3ccccc3Cl)cs2)CC=CC[C@@H]1C1CC1. The van der Waals surface area contributed by atoms with Gasteiger partial charge in [-0.15, -0.1) is 11.3 Å². The maximum atomic E-state index is 13.4. The third-order valence-corrected chi connectivity index (χ3v) is 6.65. The molecule has 2 heterocycles. The molecule has 1 aromatic carbocycles. The average Bonchev–Trinajstić information content (AvgIpc) is 3.39. The first-order valence-corrected chi connectivity index (χ1v) is 10.7. The zero-order chi connectivity index (χ0) is 19.7. The van der Waals surface area contributed by atoms with E-state index in [-0.39, 0.29) is 18.2 Å². The zero-order valence-corrected chi connectivity index (χ0v) is 16.8. The minimum Gasteiger partial charge on any atom is -0.481 e. The van der Waals surface area contributed by atoms with Crippen molar-refractivity contribution in [1.29, 1.82) is 0 Å². The Balaban J connectivity index is 1.65. The molecule has 0 bridgehead atoms. The van der Waals surface area contributed by atoms with E-state index in [0.717, 1.165) is 30.5 Å². The standard InChI is InChI=1S/C21H21ClN2O3S/c22-17-7-2-1-6-15(17)18-12-28-21(23-18)24-10-4-3-5-14(13-8-9-13)16(20(24)27)11-19(25)26/h1-4,6-7,12-14,16H,5,8-11H2,(H,25,26)/t14-,16+/m1/s1. The monoisotopic (exact) mass is 416 g/mol. The van der Waals surface area contributed by atoms with Crippen molar-refractivity contribution in [2.75, 3.05) is 11.4 Å². The van der Waals surface area contributed by atoms with Crippen LogP contribution >= 0.6 is 22.9 Å². The quantitative estimate of drug-likeness (QED) is 0.705. The van der Waals surface area contributed by atoms with Gasteiger partial charge in [0.05, 0.1) is 18.0 Å². The summed E-state index contributed by atoms with van der Waals surface area (Å²) in [5.41, 5.74) is 1.54. The van der Waals surface area contributed by atoms with Gasteiger partial charge in [0.25, 0.3) is 0 Å². The third kappa shape index (κ3) is 3.98. The smallest absolute Gasteiger partial charge is 0.304 e. The lowest BCUT2D eigenvalue weighted by molar-refractivity contribution is -0.141. The number of aromatic nitrogens is 1. The summed E-state index contributed by atoms with van der Waals surface area (Å²) in [5.74, 6) is -1.03. The zero-order valence-electron chi connectivity index (χ0n) is 15.3. The summed E-state index contributed by atoms with van der Waals surface area (Å²) in [7, 11) is 0. The number of hydrogen-bond acceptors (Lipinski definition) is 4. The maximum Gasteiger partial charge on any atom is 0.304 e. The second kappa shape index (κ2) is 8.05. The lowest BCUT2D eigenvalue weighted by atomic mass is 9.81. The Labute approximate surface area is 172 Å². The van der Waals surface area contributed by atoms with E-state index < -0.39 is 11.9 Å². The van der Waals surface area contributed by atoms with Crippen LogP contribution in [0.25, 0.3) is 11.3 Å². The lowest BCUT2D eigenvalue weighted by Gasteiger charge is -2.31. The van der Waals surface area contributed by atoms with Crippen molar-refractivity contribution >= 4 is 39.9 Å². The molecule has 2 aliphatic rings. The van der Waals surface area contributed by atoms with E-state index in [1.54, 1.807) is 4.90 Å². The van der Waals surface area contributed by atoms with Crippen LogP contribution in [0.1, 0.15) is 25.7 Å². The van der Waals surface area contributed by atoms with Crippen LogP contribution in [-0.2, 0) is 9.59 Å². The number of aliphatic carboxylic acids is 1. The largest absolute Gasteiger partial charge is 0.481 e. The second-order valence-electron chi connectivity index (χ2n) is 7.36. The highest BCUT2D eigenvalue weighted by Crippen LogP contribution is 2.45. The second-order valence-corrected chi connectivity index (χ2v) is 8.60. The van der Waals surface area contributed by atoms with Crippen LogP contribution in [0.15, 0.2) is 41.8 Å². The Morgan fingerprint density at radius 3 is 2.79 bits per heavy atom. The molecule has 2 aromatic rings. The van der Waals surface area contributed by atoms with Gasteiger partial charge in [0.2, 0.25) is 5.91 Å². The van der Waals surface area contributed by atoms with Gasteiger partial charge in [-0.1, -0.05) is 42.0 Å². The van der Waals surface area contributed by atoms with Crippen molar-refractivity contribution in [2.24, 2.45) is 17.8 Å². The number of nitrogens with zero attached hydrogens (tertiary/aromatic N) is 2. The minimum atomic E-state index is -0.926. The van der Waals surface area contributed by atoms with Gasteiger partial charge in [-0.3, -0.25) is 14.5 Å². The number of hydrogen-bond donors (Lipinski definition) is 1. The van der Waals surface area contributed by atoms with E-state index in [1.807, 2.05) is 35.7 Å². The first-order chi connectivity index (χ1) is 13.5. The third-order valence-electron chi connectivity index (χ3n) is 5.46. The molecule has 1 aliphatic heterocycles. The van der Waals surface area contributed by atoms with Crippen LogP contribution in [0.4, 0.5) is 5.13 Å². The highest BCUT2D eigenvalue weighted by atomic mass is 35.5. The average molecular weight is 417 g/mol. The Hall–Kier alpha value is -2.18. The highest BCUT2D eigenvalue weighted by molar-refractivity contribution is 7.14. The molecule has 0 radical (unpaired) electrons. The summed E-state index contributed by atoms with van der Waals surface area (Å²) in [4.78, 5) is 31.1. The summed E-state index contributed by atoms with van der Waals surface area (Å²) < 4.78 is 0. The van der Waals surface area contributed by atoms with Crippen LogP contribution in [0.5, 0.6) is 0 Å². The highest BCUT2D eigenvalue weighted by Gasteiger charge is 2.42. The summed E-state index contributed by atoms with van der Waals surface area (Å²) in [5, 5.41) is 12.5. The molecule has 1 aliphatic carbocycles. The molecule has 1 aromatic heterocycles. The van der Waals surface area contributed by atoms with Gasteiger partial charge in [-0.05, 0) is 37.2 Å². The van der Waals surface area contributed by atoms with Gasteiger partial charge < -0.3 is 5.11 Å². The number of amides is 1. The summed E-state index contributed by atoms with van der Waals surface area (Å²) in [6.07, 6.45) is 6.87. The van der Waals surface area contributed by atoms with Crippen LogP contribution in [-0.4, -0.2) is 28.5 Å². The van der Waals surface area contributed by atoms with Gasteiger partial charge in [-0.25, -0.2) is 4.98 Å². The van der Waals surface area contributed by atoms with Gasteiger partial charge in [0, 0.05) is 22.5 Å². The van der Waals surface area contributed by atoms with E-state index in [1.165, 1.54) is 11.3 Å². The first-order valence-electron chi connectivity index (χ1n) is 9.43. The molecule has 146 valence electrons. The van der Waals surface area contributed by atoms with Gasteiger partial charge in [0.1, 0.15) is 0 Å². The molecule has 1 fully saturated rings. The number of carbonyl (C=O) groups excluding carboxylic acids is 1. The van der Waals surface area contributed by atoms with Crippen molar-refractivity contribution < 1.29 is 14.7 Å². The van der Waals surface area contributed by atoms with Crippen molar-refractivity contribution in [1.82, 2.24) is 4.98 Å². The first kappa shape index (κ1) is 19.2. The molecule has 1 N–H and O–H groups in total. The summed E-state index contributed by atoms with van der Waals surface area (Å²) >= 11 is 7.66. The van der Waals surface area contributed by atoms with E-state index in [4.69, 9.17) is 11.6 Å². The predicted octanol–water partition coefficient (Wildman–Crippen LogP) is 4.87. The molecular formula is C21H21ClN2O3S. The van der Waals surface area contributed by atoms with E-state index >= 15 is 0 Å².